The minimum Gasteiger partial charge on any atom is -0.494 e. The van der Waals surface area contributed by atoms with Crippen LogP contribution in [0.5, 0.6) is 5.75 Å². The Morgan fingerprint density at radius 1 is 1.18 bits per heavy atom. The van der Waals surface area contributed by atoms with E-state index in [1.54, 1.807) is 11.3 Å². The van der Waals surface area contributed by atoms with Crippen LogP contribution in [0.2, 0.25) is 0 Å². The number of ether oxygens (including phenoxy) is 1. The second kappa shape index (κ2) is 8.84. The van der Waals surface area contributed by atoms with Crippen LogP contribution in [0.3, 0.4) is 0 Å². The van der Waals surface area contributed by atoms with Gasteiger partial charge in [-0.05, 0) is 63.7 Å². The Kier molecular flexibility index (Phi) is 6.03. The van der Waals surface area contributed by atoms with Gasteiger partial charge in [0.2, 0.25) is 0 Å². The van der Waals surface area contributed by atoms with Gasteiger partial charge in [0.05, 0.1) is 22.9 Å². The number of benzene rings is 2. The molecule has 28 heavy (non-hydrogen) atoms. The number of hydrogen-bond donors (Lipinski definition) is 0. The molecule has 0 atom stereocenters. The second-order valence-corrected chi connectivity index (χ2v) is 8.41. The van der Waals surface area contributed by atoms with Crippen molar-refractivity contribution in [1.82, 2.24) is 9.88 Å². The highest BCUT2D eigenvalue weighted by molar-refractivity contribution is 7.20. The highest BCUT2D eigenvalue weighted by Crippen LogP contribution is 2.27. The fraction of sp³-hybridized carbons (Fsp3) is 0.391. The number of nitrogens with zero attached hydrogens (tertiary/aromatic N) is 3. The maximum atomic E-state index is 5.87. The molecule has 3 aromatic rings. The van der Waals surface area contributed by atoms with Crippen molar-refractivity contribution in [2.75, 3.05) is 26.7 Å². The summed E-state index contributed by atoms with van der Waals surface area (Å²) >= 11 is 1.72. The molecule has 2 aromatic carbocycles. The number of fused-ring (bicyclic) bond motifs is 1. The normalized spacial score (nSPS) is 16.6. The summed E-state index contributed by atoms with van der Waals surface area (Å²) in [6.45, 7) is 5.05. The molecule has 5 heteroatoms. The first-order valence-corrected chi connectivity index (χ1v) is 10.9. The Labute approximate surface area is 170 Å². The van der Waals surface area contributed by atoms with Crippen molar-refractivity contribution in [2.24, 2.45) is 4.99 Å². The van der Waals surface area contributed by atoms with Crippen molar-refractivity contribution in [2.45, 2.75) is 32.2 Å². The molecule has 0 radical (unpaired) electrons. The Hall–Kier alpha value is -2.24. The van der Waals surface area contributed by atoms with Gasteiger partial charge >= 0.3 is 0 Å². The van der Waals surface area contributed by atoms with Gasteiger partial charge in [0.1, 0.15) is 16.5 Å². The minimum absolute atomic E-state index is 0.346. The van der Waals surface area contributed by atoms with Crippen molar-refractivity contribution in [3.05, 3.63) is 59.1 Å². The minimum atomic E-state index is 0.346. The van der Waals surface area contributed by atoms with Crippen LogP contribution in [0.4, 0.5) is 0 Å². The maximum absolute atomic E-state index is 5.87. The zero-order valence-corrected chi connectivity index (χ0v) is 17.4. The van der Waals surface area contributed by atoms with Gasteiger partial charge < -0.3 is 9.64 Å². The summed E-state index contributed by atoms with van der Waals surface area (Å²) in [6, 6.07) is 17.0. The third-order valence-electron chi connectivity index (χ3n) is 5.08. The lowest BCUT2D eigenvalue weighted by atomic mass is 10.0. The number of rotatable bonds is 6. The molecule has 4 rings (SSSR count). The third-order valence-corrected chi connectivity index (χ3v) is 6.12. The summed E-state index contributed by atoms with van der Waals surface area (Å²) in [5.74, 6) is 0.900. The highest BCUT2D eigenvalue weighted by Gasteiger charge is 2.20. The van der Waals surface area contributed by atoms with Gasteiger partial charge in [-0.1, -0.05) is 31.2 Å². The van der Waals surface area contributed by atoms with E-state index in [2.05, 4.69) is 55.3 Å². The van der Waals surface area contributed by atoms with Crippen LogP contribution in [0.25, 0.3) is 10.2 Å². The quantitative estimate of drug-likeness (QED) is 0.552. The van der Waals surface area contributed by atoms with Gasteiger partial charge in [0.25, 0.3) is 0 Å². The molecule has 0 amide bonds. The summed E-state index contributed by atoms with van der Waals surface area (Å²) in [6.07, 6.45) is 3.19. The van der Waals surface area contributed by atoms with E-state index in [9.17, 15) is 0 Å². The number of para-hydroxylation sites is 1. The first kappa shape index (κ1) is 19.1. The van der Waals surface area contributed by atoms with Gasteiger partial charge in [-0.15, -0.1) is 11.3 Å². The molecular weight excluding hydrogens is 366 g/mol. The topological polar surface area (TPSA) is 37.7 Å². The second-order valence-electron chi connectivity index (χ2n) is 7.38. The van der Waals surface area contributed by atoms with Gasteiger partial charge in [-0.2, -0.15) is 0 Å². The maximum Gasteiger partial charge on any atom is 0.143 e. The van der Waals surface area contributed by atoms with Gasteiger partial charge in [-0.3, -0.25) is 4.99 Å². The predicted octanol–water partition coefficient (Wildman–Crippen LogP) is 5.02. The average molecular weight is 394 g/mol. The van der Waals surface area contributed by atoms with Gasteiger partial charge in [0.15, 0.2) is 0 Å². The average Bonchev–Trinajstić information content (AvgIpc) is 3.16. The Morgan fingerprint density at radius 3 is 2.79 bits per heavy atom. The fourth-order valence-electron chi connectivity index (χ4n) is 3.49. The number of hydrogen-bond acceptors (Lipinski definition) is 5. The number of aromatic nitrogens is 1. The van der Waals surface area contributed by atoms with E-state index in [4.69, 9.17) is 14.7 Å². The van der Waals surface area contributed by atoms with E-state index < -0.39 is 0 Å². The number of piperidine rings is 1. The van der Waals surface area contributed by atoms with Crippen molar-refractivity contribution in [3.8, 4) is 5.75 Å². The molecule has 0 N–H and O–H groups in total. The molecule has 1 aliphatic heterocycles. The summed E-state index contributed by atoms with van der Waals surface area (Å²) in [4.78, 5) is 12.5. The molecule has 0 spiro atoms. The molecule has 1 aromatic heterocycles. The van der Waals surface area contributed by atoms with Gasteiger partial charge in [-0.25, -0.2) is 4.98 Å². The Morgan fingerprint density at radius 2 is 2.00 bits per heavy atom. The standard InChI is InChI=1S/C23H27N3OS/c1-3-15-27-19-8-6-7-17(16-19)22(24-18-11-13-26(2)14-12-18)23-25-20-9-4-5-10-21(20)28-23/h4-10,16,18H,3,11-15H2,1-2H3. The molecule has 0 bridgehead atoms. The van der Waals surface area contributed by atoms with Crippen LogP contribution in [0.1, 0.15) is 36.8 Å². The summed E-state index contributed by atoms with van der Waals surface area (Å²) < 4.78 is 7.07. The Bertz CT molecular complexity index is 924. The lowest BCUT2D eigenvalue weighted by molar-refractivity contribution is 0.257. The lowest BCUT2D eigenvalue weighted by Crippen LogP contribution is -2.32. The van der Waals surface area contributed by atoms with E-state index >= 15 is 0 Å². The molecule has 0 aliphatic carbocycles. The van der Waals surface area contributed by atoms with Crippen molar-refractivity contribution < 1.29 is 4.74 Å². The van der Waals surface area contributed by atoms with Crippen molar-refractivity contribution in [1.29, 1.82) is 0 Å². The summed E-state index contributed by atoms with van der Waals surface area (Å²) in [5, 5.41) is 0.993. The monoisotopic (exact) mass is 393 g/mol. The highest BCUT2D eigenvalue weighted by atomic mass is 32.1. The van der Waals surface area contributed by atoms with Crippen LogP contribution in [-0.4, -0.2) is 48.4 Å². The predicted molar refractivity (Wildman–Crippen MR) is 118 cm³/mol. The van der Waals surface area contributed by atoms with Crippen LogP contribution in [-0.2, 0) is 0 Å². The van der Waals surface area contributed by atoms with Crippen molar-refractivity contribution in [3.63, 3.8) is 0 Å². The van der Waals surface area contributed by atoms with E-state index in [1.165, 1.54) is 4.70 Å². The molecular formula is C23H27N3OS. The fourth-order valence-corrected chi connectivity index (χ4v) is 4.47. The van der Waals surface area contributed by atoms with E-state index in [0.717, 1.165) is 66.5 Å². The number of aliphatic imine (C=N–C) groups is 1. The Balaban J connectivity index is 1.73. The number of thiazole rings is 1. The zero-order chi connectivity index (χ0) is 19.3. The largest absolute Gasteiger partial charge is 0.494 e. The number of likely N-dealkylation sites (tertiary alicyclic amines) is 1. The molecule has 0 saturated carbocycles. The van der Waals surface area contributed by atoms with Crippen LogP contribution in [0.15, 0.2) is 53.5 Å². The van der Waals surface area contributed by atoms with Crippen molar-refractivity contribution >= 4 is 27.3 Å². The first-order chi connectivity index (χ1) is 13.7. The smallest absolute Gasteiger partial charge is 0.143 e. The SMILES string of the molecule is CCCOc1cccc(C(=NC2CCN(C)CC2)c2nc3ccccc3s2)c1. The van der Waals surface area contributed by atoms with E-state index in [-0.39, 0.29) is 0 Å². The summed E-state index contributed by atoms with van der Waals surface area (Å²) in [7, 11) is 2.18. The summed E-state index contributed by atoms with van der Waals surface area (Å²) in [5.41, 5.74) is 3.13. The molecule has 0 unspecified atom stereocenters. The molecule has 1 saturated heterocycles. The van der Waals surface area contributed by atoms with Crippen LogP contribution in [0, 0.1) is 0 Å². The molecule has 2 heterocycles. The molecule has 1 aliphatic rings. The van der Waals surface area contributed by atoms with Gasteiger partial charge in [0, 0.05) is 5.56 Å². The zero-order valence-electron chi connectivity index (χ0n) is 16.6. The third kappa shape index (κ3) is 4.42. The van der Waals surface area contributed by atoms with E-state index in [0.29, 0.717) is 6.04 Å². The molecule has 146 valence electrons. The lowest BCUT2D eigenvalue weighted by Gasteiger charge is -2.27. The first-order valence-electron chi connectivity index (χ1n) is 10.1. The van der Waals surface area contributed by atoms with Crippen LogP contribution < -0.4 is 4.74 Å². The molecule has 4 nitrogen and oxygen atoms in total. The molecule has 1 fully saturated rings. The van der Waals surface area contributed by atoms with Crippen LogP contribution >= 0.6 is 11.3 Å². The van der Waals surface area contributed by atoms with E-state index in [1.807, 2.05) is 12.1 Å².